The number of benzene rings is 1. The Morgan fingerprint density at radius 1 is 0.933 bits per heavy atom. The normalized spacial score (nSPS) is 11.1. The number of carbonyl (C=O) groups excluding carboxylic acids is 4. The molecular weight excluding hydrogens is 511 g/mol. The first-order chi connectivity index (χ1) is 14.3. The molecule has 0 spiro atoms. The van der Waals surface area contributed by atoms with Gasteiger partial charge in [-0.05, 0) is 5.56 Å². The number of alkyl halides is 1. The second-order valence-electron chi connectivity index (χ2n) is 5.92. The fourth-order valence-corrected chi connectivity index (χ4v) is 2.42. The Morgan fingerprint density at radius 3 is 2.23 bits per heavy atom. The van der Waals surface area contributed by atoms with E-state index in [1.807, 2.05) is 28.7 Å². The highest BCUT2D eigenvalue weighted by atomic mass is 127. The third kappa shape index (κ3) is 11.3. The molecule has 0 aromatic heterocycles. The number of rotatable bonds is 13. The van der Waals surface area contributed by atoms with Crippen LogP contribution in [0.15, 0.2) is 30.3 Å². The molecule has 0 saturated carbocycles. The largest absolute Gasteiger partial charge is 0.480 e. The second kappa shape index (κ2) is 14.3. The maximum atomic E-state index is 12.5. The minimum atomic E-state index is -1.17. The first-order valence-electron chi connectivity index (χ1n) is 8.81. The Morgan fingerprint density at radius 2 is 1.60 bits per heavy atom. The van der Waals surface area contributed by atoms with Crippen molar-refractivity contribution in [3.63, 3.8) is 0 Å². The van der Waals surface area contributed by atoms with Crippen LogP contribution in [0.5, 0.6) is 0 Å². The van der Waals surface area contributed by atoms with Crippen molar-refractivity contribution < 1.29 is 33.8 Å². The molecule has 1 aromatic carbocycles. The van der Waals surface area contributed by atoms with Gasteiger partial charge in [0.25, 0.3) is 0 Å². The van der Waals surface area contributed by atoms with Gasteiger partial charge in [-0.15, -0.1) is 0 Å². The van der Waals surface area contributed by atoms with E-state index in [0.29, 0.717) is 0 Å². The first-order valence-corrected chi connectivity index (χ1v) is 10.3. The topological polar surface area (TPSA) is 163 Å². The Kier molecular flexibility index (Phi) is 12.0. The summed E-state index contributed by atoms with van der Waals surface area (Å²) in [7, 11) is 0. The number of aliphatic carboxylic acids is 1. The third-order valence-corrected chi connectivity index (χ3v) is 4.21. The van der Waals surface area contributed by atoms with Gasteiger partial charge in [0.2, 0.25) is 23.6 Å². The van der Waals surface area contributed by atoms with Crippen molar-refractivity contribution in [3.8, 4) is 0 Å². The number of carboxylic acids is 1. The summed E-state index contributed by atoms with van der Waals surface area (Å²) in [5.41, 5.74) is 0.792. The monoisotopic (exact) mass is 534 g/mol. The van der Waals surface area contributed by atoms with Crippen LogP contribution in [0.1, 0.15) is 5.56 Å². The number of halogens is 1. The van der Waals surface area contributed by atoms with Crippen molar-refractivity contribution in [2.75, 3.05) is 30.9 Å². The number of amides is 4. The van der Waals surface area contributed by atoms with Gasteiger partial charge in [-0.25, -0.2) is 4.79 Å². The molecule has 0 aliphatic rings. The SMILES string of the molecule is O=C(O)COCNC(=O)CNC(=O)[C@H](Cc1ccccc1)NC(=O)CNC(=O)CI. The molecule has 0 bridgehead atoms. The Hall–Kier alpha value is -2.74. The van der Waals surface area contributed by atoms with Gasteiger partial charge >= 0.3 is 5.97 Å². The fraction of sp³-hybridized carbons (Fsp3) is 0.389. The molecule has 5 N–H and O–H groups in total. The zero-order valence-electron chi connectivity index (χ0n) is 16.0. The molecular formula is C18H23IN4O7. The van der Waals surface area contributed by atoms with Crippen molar-refractivity contribution in [3.05, 3.63) is 35.9 Å². The zero-order valence-corrected chi connectivity index (χ0v) is 18.1. The van der Waals surface area contributed by atoms with Crippen LogP contribution in [0, 0.1) is 0 Å². The summed E-state index contributed by atoms with van der Waals surface area (Å²) in [6.07, 6.45) is 0.183. The number of hydrogen-bond donors (Lipinski definition) is 5. The van der Waals surface area contributed by atoms with Gasteiger partial charge < -0.3 is 31.1 Å². The summed E-state index contributed by atoms with van der Waals surface area (Å²) in [6, 6.07) is 8.00. The van der Waals surface area contributed by atoms with Gasteiger partial charge in [-0.1, -0.05) is 52.9 Å². The van der Waals surface area contributed by atoms with E-state index >= 15 is 0 Å². The summed E-state index contributed by atoms with van der Waals surface area (Å²) in [4.78, 5) is 57.9. The number of ether oxygens (including phenoxy) is 1. The molecule has 0 aliphatic heterocycles. The number of hydrogen-bond acceptors (Lipinski definition) is 6. The molecule has 12 heteroatoms. The van der Waals surface area contributed by atoms with Crippen molar-refractivity contribution in [2.45, 2.75) is 12.5 Å². The number of nitrogens with one attached hydrogen (secondary N) is 4. The van der Waals surface area contributed by atoms with E-state index in [-0.39, 0.29) is 36.6 Å². The highest BCUT2D eigenvalue weighted by molar-refractivity contribution is 14.1. The average molecular weight is 534 g/mol. The molecule has 164 valence electrons. The predicted octanol–water partition coefficient (Wildman–Crippen LogP) is -1.44. The lowest BCUT2D eigenvalue weighted by atomic mass is 10.1. The van der Waals surface area contributed by atoms with Gasteiger partial charge in [-0.3, -0.25) is 19.2 Å². The number of carboxylic acid groups (broad SMARTS) is 1. The van der Waals surface area contributed by atoms with Crippen LogP contribution in [-0.4, -0.2) is 71.6 Å². The highest BCUT2D eigenvalue weighted by Crippen LogP contribution is 2.03. The zero-order chi connectivity index (χ0) is 22.4. The van der Waals surface area contributed by atoms with E-state index in [1.165, 1.54) is 0 Å². The summed E-state index contributed by atoms with van der Waals surface area (Å²) in [5.74, 6) is -3.21. The fourth-order valence-electron chi connectivity index (χ4n) is 2.15. The van der Waals surface area contributed by atoms with Gasteiger partial charge in [0.1, 0.15) is 19.4 Å². The van der Waals surface area contributed by atoms with E-state index in [0.717, 1.165) is 5.56 Å². The average Bonchev–Trinajstić information content (AvgIpc) is 2.73. The minimum Gasteiger partial charge on any atom is -0.480 e. The minimum absolute atomic E-state index is 0.183. The summed E-state index contributed by atoms with van der Waals surface area (Å²) in [5, 5.41) is 18.1. The Bertz CT molecular complexity index is 745. The molecule has 0 fully saturated rings. The third-order valence-electron chi connectivity index (χ3n) is 3.52. The second-order valence-corrected chi connectivity index (χ2v) is 6.69. The molecule has 11 nitrogen and oxygen atoms in total. The molecule has 0 radical (unpaired) electrons. The molecule has 1 atom stereocenters. The van der Waals surface area contributed by atoms with Crippen molar-refractivity contribution in [1.29, 1.82) is 0 Å². The van der Waals surface area contributed by atoms with Crippen LogP contribution in [0.25, 0.3) is 0 Å². The van der Waals surface area contributed by atoms with Gasteiger partial charge in [0.15, 0.2) is 0 Å². The molecule has 0 heterocycles. The molecule has 0 unspecified atom stereocenters. The Balaban J connectivity index is 2.58. The van der Waals surface area contributed by atoms with Crippen LogP contribution in [0.3, 0.4) is 0 Å². The maximum absolute atomic E-state index is 12.5. The molecule has 0 saturated heterocycles. The van der Waals surface area contributed by atoms with E-state index in [4.69, 9.17) is 5.11 Å². The molecule has 0 aliphatic carbocycles. The number of carbonyl (C=O) groups is 5. The van der Waals surface area contributed by atoms with Crippen molar-refractivity contribution >= 4 is 52.2 Å². The van der Waals surface area contributed by atoms with Gasteiger partial charge in [0.05, 0.1) is 17.5 Å². The van der Waals surface area contributed by atoms with E-state index in [2.05, 4.69) is 26.0 Å². The lowest BCUT2D eigenvalue weighted by Crippen LogP contribution is -2.52. The maximum Gasteiger partial charge on any atom is 0.329 e. The first kappa shape index (κ1) is 25.3. The smallest absolute Gasteiger partial charge is 0.329 e. The molecule has 4 amide bonds. The van der Waals surface area contributed by atoms with E-state index in [1.54, 1.807) is 24.3 Å². The van der Waals surface area contributed by atoms with Crippen LogP contribution in [0.2, 0.25) is 0 Å². The highest BCUT2D eigenvalue weighted by Gasteiger charge is 2.22. The van der Waals surface area contributed by atoms with Crippen LogP contribution in [0.4, 0.5) is 0 Å². The molecule has 30 heavy (non-hydrogen) atoms. The predicted molar refractivity (Wildman–Crippen MR) is 114 cm³/mol. The summed E-state index contributed by atoms with van der Waals surface area (Å²) in [6.45, 7) is -1.54. The quantitative estimate of drug-likeness (QED) is 0.0896. The lowest BCUT2D eigenvalue weighted by Gasteiger charge is -2.19. The van der Waals surface area contributed by atoms with Gasteiger partial charge in [-0.2, -0.15) is 0 Å². The van der Waals surface area contributed by atoms with E-state index < -0.39 is 36.3 Å². The van der Waals surface area contributed by atoms with Crippen molar-refractivity contribution in [2.24, 2.45) is 0 Å². The summed E-state index contributed by atoms with van der Waals surface area (Å²) >= 11 is 1.86. The lowest BCUT2D eigenvalue weighted by molar-refractivity contribution is -0.143. The standard InChI is InChI=1S/C18H23IN4O7/c19-7-14(24)20-9-16(26)23-13(6-12-4-2-1-3-5-12)18(29)21-8-15(25)22-11-30-10-17(27)28/h1-5,13H,6-11H2,(H,20,24)(H,21,29)(H,22,25)(H,23,26)(H,27,28)/t13-/m0/s1. The van der Waals surface area contributed by atoms with Gasteiger partial charge in [0, 0.05) is 6.42 Å². The van der Waals surface area contributed by atoms with E-state index in [9.17, 15) is 24.0 Å². The van der Waals surface area contributed by atoms with Crippen LogP contribution < -0.4 is 21.3 Å². The molecule has 1 aromatic rings. The molecule has 1 rings (SSSR count). The van der Waals surface area contributed by atoms with Crippen LogP contribution >= 0.6 is 22.6 Å². The van der Waals surface area contributed by atoms with Crippen molar-refractivity contribution in [1.82, 2.24) is 21.3 Å². The Labute approximate surface area is 186 Å². The van der Waals surface area contributed by atoms with Crippen LogP contribution in [-0.2, 0) is 35.1 Å². The summed E-state index contributed by atoms with van der Waals surface area (Å²) < 4.78 is 4.87.